The Morgan fingerprint density at radius 1 is 1.23 bits per heavy atom. The first-order chi connectivity index (χ1) is 18.8. The largest absolute Gasteiger partial charge is 0.448 e. The molecule has 5 amide bonds. The summed E-state index contributed by atoms with van der Waals surface area (Å²) in [6, 6.07) is 7.51. The van der Waals surface area contributed by atoms with E-state index in [1.165, 1.54) is 45.4 Å². The first-order valence-corrected chi connectivity index (χ1v) is 15.1. The van der Waals surface area contributed by atoms with Gasteiger partial charge >= 0.3 is 6.09 Å². The van der Waals surface area contributed by atoms with E-state index < -0.39 is 35.8 Å². The van der Waals surface area contributed by atoms with Gasteiger partial charge in [-0.3, -0.25) is 34.7 Å². The third-order valence-corrected chi connectivity index (χ3v) is 8.88. The number of aryl methyl sites for hydroxylation is 1. The number of amides is 5. The monoisotopic (exact) mass is 570 g/mol. The third kappa shape index (κ3) is 6.99. The summed E-state index contributed by atoms with van der Waals surface area (Å²) in [5.74, 6) is -1.29. The van der Waals surface area contributed by atoms with Gasteiger partial charge in [-0.15, -0.1) is 0 Å². The van der Waals surface area contributed by atoms with Crippen molar-refractivity contribution in [2.75, 3.05) is 17.7 Å². The van der Waals surface area contributed by atoms with Gasteiger partial charge in [0.15, 0.2) is 0 Å². The van der Waals surface area contributed by atoms with Crippen molar-refractivity contribution in [3.05, 3.63) is 53.2 Å². The zero-order valence-electron chi connectivity index (χ0n) is 21.7. The predicted octanol–water partition coefficient (Wildman–Crippen LogP) is 4.45. The van der Waals surface area contributed by atoms with Crippen molar-refractivity contribution in [1.29, 1.82) is 0 Å². The lowest BCUT2D eigenvalue weighted by Crippen LogP contribution is -2.54. The molecule has 3 heterocycles. The van der Waals surface area contributed by atoms with E-state index in [9.17, 15) is 24.0 Å². The van der Waals surface area contributed by atoms with Crippen molar-refractivity contribution in [2.45, 2.75) is 57.0 Å². The van der Waals surface area contributed by atoms with Crippen LogP contribution in [0.25, 0.3) is 0 Å². The van der Waals surface area contributed by atoms with Crippen molar-refractivity contribution >= 4 is 57.0 Å². The number of hydrogen-bond acceptors (Lipinski definition) is 9. The van der Waals surface area contributed by atoms with Crippen LogP contribution >= 0.6 is 21.6 Å². The van der Waals surface area contributed by atoms with E-state index in [1.54, 1.807) is 0 Å². The number of anilines is 1. The van der Waals surface area contributed by atoms with E-state index in [2.05, 4.69) is 35.5 Å². The number of nitrogens with one attached hydrogen (secondary N) is 2. The Balaban J connectivity index is 1.27. The van der Waals surface area contributed by atoms with Crippen LogP contribution in [0.3, 0.4) is 0 Å². The van der Waals surface area contributed by atoms with Gasteiger partial charge in [0.25, 0.3) is 11.8 Å². The van der Waals surface area contributed by atoms with E-state index >= 15 is 0 Å². The van der Waals surface area contributed by atoms with Crippen LogP contribution in [-0.4, -0.2) is 58.0 Å². The number of rotatable bonds is 11. The molecule has 10 nitrogen and oxygen atoms in total. The molecule has 206 valence electrons. The molecule has 2 unspecified atom stereocenters. The molecule has 1 aromatic heterocycles. The zero-order valence-corrected chi connectivity index (χ0v) is 23.4. The maximum Gasteiger partial charge on any atom is 0.411 e. The Morgan fingerprint density at radius 3 is 2.82 bits per heavy atom. The molecule has 1 saturated heterocycles. The molecule has 1 fully saturated rings. The van der Waals surface area contributed by atoms with Crippen molar-refractivity contribution in [1.82, 2.24) is 15.2 Å². The van der Waals surface area contributed by atoms with Gasteiger partial charge in [-0.05, 0) is 65.8 Å². The number of ether oxygens (including phenoxy) is 1. The first-order valence-electron chi connectivity index (χ1n) is 12.8. The summed E-state index contributed by atoms with van der Waals surface area (Å²) in [7, 11) is 3.02. The molecule has 39 heavy (non-hydrogen) atoms. The number of carbonyl (C=O) groups excluding carboxylic acids is 5. The molecule has 2 aliphatic rings. The van der Waals surface area contributed by atoms with Crippen LogP contribution < -0.4 is 10.6 Å². The highest BCUT2D eigenvalue weighted by molar-refractivity contribution is 8.76. The van der Waals surface area contributed by atoms with Crippen LogP contribution in [0.5, 0.6) is 0 Å². The Bertz CT molecular complexity index is 1290. The van der Waals surface area contributed by atoms with Gasteiger partial charge in [0, 0.05) is 18.4 Å². The summed E-state index contributed by atoms with van der Waals surface area (Å²) < 4.78 is 5.26. The van der Waals surface area contributed by atoms with Crippen LogP contribution in [0.4, 0.5) is 10.5 Å². The smallest absolute Gasteiger partial charge is 0.411 e. The Hall–Kier alpha value is -3.38. The minimum Gasteiger partial charge on any atom is -0.448 e. The SMILES string of the molecule is CCC(C)CCc1ccnc(SSCCOC(=O)Nc2cccc3c2C(=O)N(C2CCC(=O)NC2=O)C3=O)c1. The van der Waals surface area contributed by atoms with Gasteiger partial charge in [-0.2, -0.15) is 0 Å². The van der Waals surface area contributed by atoms with Gasteiger partial charge in [-0.1, -0.05) is 37.1 Å². The van der Waals surface area contributed by atoms with Crippen molar-refractivity contribution < 1.29 is 28.7 Å². The van der Waals surface area contributed by atoms with Gasteiger partial charge in [0.05, 0.1) is 16.8 Å². The lowest BCUT2D eigenvalue weighted by atomic mass is 10.00. The molecule has 2 atom stereocenters. The molecule has 2 aliphatic heterocycles. The fraction of sp³-hybridized carbons (Fsp3) is 0.407. The molecule has 1 aromatic carbocycles. The quantitative estimate of drug-likeness (QED) is 0.228. The molecule has 0 bridgehead atoms. The standard InChI is InChI=1S/C27H30N4O6S2/c1-3-16(2)7-8-17-11-12-28-22(15-17)39-38-14-13-37-27(36)29-19-6-4-5-18-23(19)26(35)31(25(18)34)20-9-10-21(32)30-24(20)33/h4-6,11-12,15-16,20H,3,7-10,13-14H2,1-2H3,(H,29,36)(H,30,32,33). The summed E-state index contributed by atoms with van der Waals surface area (Å²) in [5, 5.41) is 5.59. The Labute approximate surface area is 234 Å². The fourth-order valence-electron chi connectivity index (χ4n) is 4.30. The second-order valence-corrected chi connectivity index (χ2v) is 11.8. The van der Waals surface area contributed by atoms with Gasteiger partial charge < -0.3 is 4.74 Å². The average molecular weight is 571 g/mol. The number of aromatic nitrogens is 1. The topological polar surface area (TPSA) is 135 Å². The summed E-state index contributed by atoms with van der Waals surface area (Å²) in [6.07, 6.45) is 4.44. The lowest BCUT2D eigenvalue weighted by molar-refractivity contribution is -0.136. The minimum atomic E-state index is -1.08. The maximum absolute atomic E-state index is 13.1. The Kier molecular flexibility index (Phi) is 9.63. The second kappa shape index (κ2) is 13.1. The molecule has 12 heteroatoms. The number of nitrogens with zero attached hydrogens (tertiary/aromatic N) is 2. The highest BCUT2D eigenvalue weighted by Crippen LogP contribution is 2.33. The van der Waals surface area contributed by atoms with E-state index in [4.69, 9.17) is 4.74 Å². The highest BCUT2D eigenvalue weighted by atomic mass is 33.1. The number of imide groups is 2. The summed E-state index contributed by atoms with van der Waals surface area (Å²) in [6.45, 7) is 4.57. The first kappa shape index (κ1) is 28.6. The zero-order chi connectivity index (χ0) is 27.9. The molecular formula is C27H30N4O6S2. The van der Waals surface area contributed by atoms with E-state index in [0.717, 1.165) is 29.2 Å². The minimum absolute atomic E-state index is 0.00614. The molecule has 0 aliphatic carbocycles. The lowest BCUT2D eigenvalue weighted by Gasteiger charge is -2.27. The molecule has 2 aromatic rings. The predicted molar refractivity (Wildman–Crippen MR) is 148 cm³/mol. The number of benzene rings is 1. The molecule has 2 N–H and O–H groups in total. The average Bonchev–Trinajstić information content (AvgIpc) is 3.17. The number of carbonyl (C=O) groups is 5. The summed E-state index contributed by atoms with van der Waals surface area (Å²) >= 11 is 0. The number of fused-ring (bicyclic) bond motifs is 1. The van der Waals surface area contributed by atoms with Crippen molar-refractivity contribution in [2.24, 2.45) is 5.92 Å². The number of piperidine rings is 1. The molecule has 0 radical (unpaired) electrons. The van der Waals surface area contributed by atoms with Crippen LogP contribution in [0.2, 0.25) is 0 Å². The fourth-order valence-corrected chi connectivity index (χ4v) is 6.05. The van der Waals surface area contributed by atoms with E-state index in [-0.39, 0.29) is 36.3 Å². The third-order valence-electron chi connectivity index (χ3n) is 6.67. The summed E-state index contributed by atoms with van der Waals surface area (Å²) in [4.78, 5) is 67.4. The summed E-state index contributed by atoms with van der Waals surface area (Å²) in [5.41, 5.74) is 1.44. The molecule has 0 saturated carbocycles. The van der Waals surface area contributed by atoms with Crippen LogP contribution in [0, 0.1) is 5.92 Å². The molecule has 4 rings (SSSR count). The highest BCUT2D eigenvalue weighted by Gasteiger charge is 2.45. The van der Waals surface area contributed by atoms with Gasteiger partial charge in [0.2, 0.25) is 11.8 Å². The van der Waals surface area contributed by atoms with Gasteiger partial charge in [-0.25, -0.2) is 9.78 Å². The normalized spacial score (nSPS) is 17.6. The number of pyridine rings is 1. The number of hydrogen-bond donors (Lipinski definition) is 2. The molecular weight excluding hydrogens is 540 g/mol. The molecule has 0 spiro atoms. The maximum atomic E-state index is 13.1. The van der Waals surface area contributed by atoms with E-state index in [0.29, 0.717) is 11.7 Å². The van der Waals surface area contributed by atoms with Crippen LogP contribution in [-0.2, 0) is 20.7 Å². The van der Waals surface area contributed by atoms with Crippen molar-refractivity contribution in [3.63, 3.8) is 0 Å². The van der Waals surface area contributed by atoms with Crippen LogP contribution in [0.1, 0.15) is 65.8 Å². The second-order valence-electron chi connectivity index (χ2n) is 9.40. The Morgan fingerprint density at radius 2 is 2.05 bits per heavy atom. The van der Waals surface area contributed by atoms with Gasteiger partial charge in [0.1, 0.15) is 17.7 Å². The van der Waals surface area contributed by atoms with Crippen LogP contribution in [0.15, 0.2) is 41.6 Å². The van der Waals surface area contributed by atoms with E-state index in [1.807, 2.05) is 12.3 Å². The van der Waals surface area contributed by atoms with Crippen molar-refractivity contribution in [3.8, 4) is 0 Å².